The zero-order valence-corrected chi connectivity index (χ0v) is 12.8. The minimum atomic E-state index is -1.36. The lowest BCUT2D eigenvalue weighted by molar-refractivity contribution is -0.133. The summed E-state index contributed by atoms with van der Waals surface area (Å²) in [6, 6.07) is 13.7. The van der Waals surface area contributed by atoms with Crippen LogP contribution in [0.4, 0.5) is 5.69 Å². The maximum Gasteiger partial charge on any atom is 0.257 e. The molecule has 0 bridgehead atoms. The van der Waals surface area contributed by atoms with Crippen molar-refractivity contribution in [1.29, 1.82) is 0 Å². The highest BCUT2D eigenvalue weighted by molar-refractivity contribution is 5.98. The van der Waals surface area contributed by atoms with Gasteiger partial charge in [-0.25, -0.2) is 0 Å². The Bertz CT molecular complexity index is 744. The highest BCUT2D eigenvalue weighted by atomic mass is 16.5. The molecular formula is C19H19NO3. The molecule has 118 valence electrons. The monoisotopic (exact) mass is 309 g/mol. The van der Waals surface area contributed by atoms with Gasteiger partial charge in [-0.05, 0) is 40.8 Å². The van der Waals surface area contributed by atoms with Crippen molar-refractivity contribution in [3.63, 3.8) is 0 Å². The number of aliphatic hydroxyl groups is 1. The molecule has 0 atom stereocenters. The van der Waals surface area contributed by atoms with Crippen molar-refractivity contribution in [2.45, 2.75) is 31.5 Å². The Morgan fingerprint density at radius 3 is 2.52 bits per heavy atom. The van der Waals surface area contributed by atoms with Crippen LogP contribution in [0.15, 0.2) is 42.5 Å². The molecule has 4 nitrogen and oxygen atoms in total. The van der Waals surface area contributed by atoms with E-state index in [4.69, 9.17) is 4.74 Å². The van der Waals surface area contributed by atoms with E-state index in [0.29, 0.717) is 25.1 Å². The summed E-state index contributed by atoms with van der Waals surface area (Å²) in [7, 11) is 0. The van der Waals surface area contributed by atoms with Gasteiger partial charge in [0.2, 0.25) is 0 Å². The molecule has 0 fully saturated rings. The maximum absolute atomic E-state index is 12.6. The fourth-order valence-electron chi connectivity index (χ4n) is 3.45. The van der Waals surface area contributed by atoms with E-state index in [1.54, 1.807) is 0 Å². The number of amides is 1. The quantitative estimate of drug-likeness (QED) is 0.894. The first-order valence-electron chi connectivity index (χ1n) is 7.94. The van der Waals surface area contributed by atoms with Crippen LogP contribution in [0, 0.1) is 0 Å². The van der Waals surface area contributed by atoms with Gasteiger partial charge in [0.05, 0.1) is 13.2 Å². The summed E-state index contributed by atoms with van der Waals surface area (Å²) in [5.41, 5.74) is 3.81. The first-order chi connectivity index (χ1) is 11.1. The van der Waals surface area contributed by atoms with Crippen molar-refractivity contribution in [3.05, 3.63) is 64.7 Å². The summed E-state index contributed by atoms with van der Waals surface area (Å²) in [5.74, 6) is -0.342. The van der Waals surface area contributed by atoms with Crippen molar-refractivity contribution in [3.8, 4) is 0 Å². The SMILES string of the molecule is O=C(Nc1ccc2c(c1)COCC2)C1(O)Cc2ccccc2C1. The van der Waals surface area contributed by atoms with Crippen LogP contribution in [0.5, 0.6) is 0 Å². The third kappa shape index (κ3) is 2.64. The summed E-state index contributed by atoms with van der Waals surface area (Å²) >= 11 is 0. The van der Waals surface area contributed by atoms with E-state index in [0.717, 1.165) is 29.7 Å². The minimum absolute atomic E-state index is 0.342. The molecule has 2 aliphatic rings. The lowest BCUT2D eigenvalue weighted by Crippen LogP contribution is -2.43. The largest absolute Gasteiger partial charge is 0.379 e. The fraction of sp³-hybridized carbons (Fsp3) is 0.316. The molecule has 0 radical (unpaired) electrons. The van der Waals surface area contributed by atoms with Crippen molar-refractivity contribution in [1.82, 2.24) is 0 Å². The smallest absolute Gasteiger partial charge is 0.257 e. The maximum atomic E-state index is 12.6. The number of carbonyl (C=O) groups excluding carboxylic acids is 1. The second kappa shape index (κ2) is 5.48. The fourth-order valence-corrected chi connectivity index (χ4v) is 3.45. The summed E-state index contributed by atoms with van der Waals surface area (Å²) in [6.45, 7) is 1.32. The molecule has 1 aliphatic carbocycles. The Labute approximate surface area is 135 Å². The van der Waals surface area contributed by atoms with Gasteiger partial charge in [-0.3, -0.25) is 4.79 Å². The highest BCUT2D eigenvalue weighted by Gasteiger charge is 2.41. The molecule has 0 saturated carbocycles. The molecule has 0 spiro atoms. The average molecular weight is 309 g/mol. The number of fused-ring (bicyclic) bond motifs is 2. The lowest BCUT2D eigenvalue weighted by Gasteiger charge is -2.22. The van der Waals surface area contributed by atoms with Gasteiger partial charge in [-0.2, -0.15) is 0 Å². The van der Waals surface area contributed by atoms with Crippen molar-refractivity contribution < 1.29 is 14.6 Å². The van der Waals surface area contributed by atoms with E-state index < -0.39 is 5.60 Å². The van der Waals surface area contributed by atoms with Crippen LogP contribution in [0.3, 0.4) is 0 Å². The molecule has 0 aromatic heterocycles. The number of rotatable bonds is 2. The van der Waals surface area contributed by atoms with E-state index in [-0.39, 0.29) is 5.91 Å². The number of anilines is 1. The van der Waals surface area contributed by atoms with Gasteiger partial charge in [0.15, 0.2) is 5.60 Å². The molecule has 1 heterocycles. The number of nitrogens with one attached hydrogen (secondary N) is 1. The molecule has 0 saturated heterocycles. The Morgan fingerprint density at radius 2 is 1.78 bits per heavy atom. The molecule has 0 unspecified atom stereocenters. The molecule has 2 N–H and O–H groups in total. The topological polar surface area (TPSA) is 58.6 Å². The second-order valence-electron chi connectivity index (χ2n) is 6.39. The minimum Gasteiger partial charge on any atom is -0.379 e. The Balaban J connectivity index is 1.52. The van der Waals surface area contributed by atoms with Gasteiger partial charge < -0.3 is 15.2 Å². The van der Waals surface area contributed by atoms with Crippen molar-refractivity contribution in [2.75, 3.05) is 11.9 Å². The lowest BCUT2D eigenvalue weighted by atomic mass is 9.98. The summed E-state index contributed by atoms with van der Waals surface area (Å²) in [4.78, 5) is 12.6. The first-order valence-corrected chi connectivity index (χ1v) is 7.94. The molecule has 4 heteroatoms. The molecule has 1 aliphatic heterocycles. The van der Waals surface area contributed by atoms with Crippen molar-refractivity contribution in [2.24, 2.45) is 0 Å². The van der Waals surface area contributed by atoms with Gasteiger partial charge in [-0.15, -0.1) is 0 Å². The molecule has 2 aromatic carbocycles. The van der Waals surface area contributed by atoms with E-state index in [1.165, 1.54) is 5.56 Å². The standard InChI is InChI=1S/C19H19NO3/c21-18(19(22)10-14-3-1-2-4-15(14)11-19)20-17-6-5-13-7-8-23-12-16(13)9-17/h1-6,9,22H,7-8,10-12H2,(H,20,21). The highest BCUT2D eigenvalue weighted by Crippen LogP contribution is 2.31. The zero-order valence-electron chi connectivity index (χ0n) is 12.8. The summed E-state index contributed by atoms with van der Waals surface area (Å²) < 4.78 is 5.46. The predicted molar refractivity (Wildman–Crippen MR) is 87.2 cm³/mol. The van der Waals surface area contributed by atoms with Crippen LogP contribution < -0.4 is 5.32 Å². The number of hydrogen-bond acceptors (Lipinski definition) is 3. The Morgan fingerprint density at radius 1 is 1.04 bits per heavy atom. The van der Waals surface area contributed by atoms with Crippen LogP contribution in [0.1, 0.15) is 22.3 Å². The summed E-state index contributed by atoms with van der Waals surface area (Å²) in [6.07, 6.45) is 1.63. The van der Waals surface area contributed by atoms with E-state index in [2.05, 4.69) is 5.32 Å². The van der Waals surface area contributed by atoms with E-state index in [1.807, 2.05) is 42.5 Å². The predicted octanol–water partition coefficient (Wildman–Crippen LogP) is 2.23. The van der Waals surface area contributed by atoms with Crippen LogP contribution in [0.25, 0.3) is 0 Å². The third-order valence-electron chi connectivity index (χ3n) is 4.74. The number of carbonyl (C=O) groups is 1. The molecular weight excluding hydrogens is 290 g/mol. The average Bonchev–Trinajstić information content (AvgIpc) is 2.92. The first kappa shape index (κ1) is 14.4. The van der Waals surface area contributed by atoms with Gasteiger partial charge in [0.25, 0.3) is 5.91 Å². The van der Waals surface area contributed by atoms with E-state index >= 15 is 0 Å². The van der Waals surface area contributed by atoms with Crippen LogP contribution in [-0.2, 0) is 35.4 Å². The van der Waals surface area contributed by atoms with Gasteiger partial charge >= 0.3 is 0 Å². The second-order valence-corrected chi connectivity index (χ2v) is 6.39. The Kier molecular flexibility index (Phi) is 3.43. The normalized spacial score (nSPS) is 18.1. The Hall–Kier alpha value is -2.17. The molecule has 2 aromatic rings. The number of hydrogen-bond donors (Lipinski definition) is 2. The molecule has 1 amide bonds. The van der Waals surface area contributed by atoms with Crippen molar-refractivity contribution >= 4 is 11.6 Å². The molecule has 23 heavy (non-hydrogen) atoms. The van der Waals surface area contributed by atoms with E-state index in [9.17, 15) is 9.90 Å². The van der Waals surface area contributed by atoms with Crippen LogP contribution in [-0.4, -0.2) is 23.2 Å². The van der Waals surface area contributed by atoms with Crippen LogP contribution >= 0.6 is 0 Å². The van der Waals surface area contributed by atoms with Crippen LogP contribution in [0.2, 0.25) is 0 Å². The van der Waals surface area contributed by atoms with Gasteiger partial charge in [-0.1, -0.05) is 30.3 Å². The number of ether oxygens (including phenoxy) is 1. The van der Waals surface area contributed by atoms with Gasteiger partial charge in [0, 0.05) is 18.5 Å². The summed E-state index contributed by atoms with van der Waals surface area (Å²) in [5, 5.41) is 13.6. The zero-order chi connectivity index (χ0) is 15.9. The molecule has 4 rings (SSSR count). The third-order valence-corrected chi connectivity index (χ3v) is 4.74. The van der Waals surface area contributed by atoms with Gasteiger partial charge in [0.1, 0.15) is 0 Å². The number of benzene rings is 2.